The Kier molecular flexibility index (Phi) is 8.44. The third kappa shape index (κ3) is 7.32. The molecule has 0 amide bonds. The average molecular weight is 449 g/mol. The summed E-state index contributed by atoms with van der Waals surface area (Å²) in [5.74, 6) is 0.615. The van der Waals surface area contributed by atoms with Crippen LogP contribution in [0.2, 0.25) is 0 Å². The summed E-state index contributed by atoms with van der Waals surface area (Å²) in [6.45, 7) is 5.65. The summed E-state index contributed by atoms with van der Waals surface area (Å²) in [4.78, 5) is 17.5. The highest BCUT2D eigenvalue weighted by Gasteiger charge is 2.11. The van der Waals surface area contributed by atoms with Gasteiger partial charge in [-0.25, -0.2) is 4.98 Å². The van der Waals surface area contributed by atoms with Crippen LogP contribution in [0.5, 0.6) is 11.6 Å². The van der Waals surface area contributed by atoms with E-state index in [2.05, 4.69) is 30.9 Å². The van der Waals surface area contributed by atoms with Crippen LogP contribution in [0.15, 0.2) is 66.0 Å². The van der Waals surface area contributed by atoms with Crippen LogP contribution in [0.4, 0.5) is 0 Å². The fraction of sp³-hybridized carbons (Fsp3) is 0.333. The highest BCUT2D eigenvalue weighted by Crippen LogP contribution is 2.31. The molecule has 3 rings (SSSR count). The van der Waals surface area contributed by atoms with Crippen LogP contribution in [0.1, 0.15) is 30.4 Å². The summed E-state index contributed by atoms with van der Waals surface area (Å²) in [7, 11) is 4.06. The molecule has 0 aliphatic heterocycles. The molecule has 0 fully saturated rings. The molecule has 174 valence electrons. The van der Waals surface area contributed by atoms with Crippen LogP contribution in [-0.2, 0) is 4.79 Å². The lowest BCUT2D eigenvalue weighted by Crippen LogP contribution is -2.19. The second kappa shape index (κ2) is 11.5. The van der Waals surface area contributed by atoms with Gasteiger partial charge in [0.15, 0.2) is 0 Å². The number of aromatic nitrogens is 1. The standard InChI is InChI=1S/C27H32N2O4/c1-19-16-23(32-15-14-29(3)4)17-20(2)27(19)24-6-5-7-25(28-24)33-18-22-10-8-21(9-11-22)12-13-26(30)31/h5-10,16-18H,11-15H2,1-4H3,(H,30,31). The molecule has 1 aliphatic rings. The van der Waals surface area contributed by atoms with E-state index in [1.54, 1.807) is 6.26 Å². The number of carboxylic acid groups (broad SMARTS) is 1. The number of hydrogen-bond donors (Lipinski definition) is 1. The number of nitrogens with zero attached hydrogens (tertiary/aromatic N) is 2. The van der Waals surface area contributed by atoms with Gasteiger partial charge in [0.1, 0.15) is 12.4 Å². The van der Waals surface area contributed by atoms with Crippen LogP contribution in [-0.4, -0.2) is 48.2 Å². The Morgan fingerprint density at radius 1 is 1.18 bits per heavy atom. The SMILES string of the molecule is Cc1cc(OCCN(C)C)cc(C)c1-c1cccc(OC=C2C=CC(CCC(=O)O)=CC2)n1. The van der Waals surface area contributed by atoms with E-state index in [0.717, 1.165) is 45.8 Å². The normalized spacial score (nSPS) is 14.5. The van der Waals surface area contributed by atoms with E-state index in [1.807, 2.05) is 50.5 Å². The molecule has 1 aromatic carbocycles. The zero-order valence-electron chi connectivity index (χ0n) is 19.8. The molecular weight excluding hydrogens is 416 g/mol. The Bertz CT molecular complexity index is 1060. The fourth-order valence-electron chi connectivity index (χ4n) is 3.64. The number of carboxylic acids is 1. The number of aryl methyl sites for hydroxylation is 2. The molecule has 0 spiro atoms. The van der Waals surface area contributed by atoms with Gasteiger partial charge in [-0.15, -0.1) is 0 Å². The van der Waals surface area contributed by atoms with Crippen LogP contribution >= 0.6 is 0 Å². The lowest BCUT2D eigenvalue weighted by Gasteiger charge is -2.15. The van der Waals surface area contributed by atoms with Crippen LogP contribution in [0.3, 0.4) is 0 Å². The zero-order chi connectivity index (χ0) is 23.8. The van der Waals surface area contributed by atoms with Crippen molar-refractivity contribution in [3.8, 4) is 22.9 Å². The molecule has 0 saturated heterocycles. The molecule has 0 unspecified atom stereocenters. The van der Waals surface area contributed by atoms with E-state index in [0.29, 0.717) is 25.3 Å². The van der Waals surface area contributed by atoms with Gasteiger partial charge in [-0.3, -0.25) is 4.79 Å². The van der Waals surface area contributed by atoms with E-state index < -0.39 is 5.97 Å². The zero-order valence-corrected chi connectivity index (χ0v) is 19.8. The van der Waals surface area contributed by atoms with Crippen molar-refractivity contribution in [3.63, 3.8) is 0 Å². The number of carbonyl (C=O) groups is 1. The fourth-order valence-corrected chi connectivity index (χ4v) is 3.64. The molecule has 0 bridgehead atoms. The number of rotatable bonds is 10. The Morgan fingerprint density at radius 2 is 1.94 bits per heavy atom. The average Bonchev–Trinajstić information content (AvgIpc) is 2.76. The minimum Gasteiger partial charge on any atom is -0.492 e. The van der Waals surface area contributed by atoms with Crippen molar-refractivity contribution in [3.05, 3.63) is 77.1 Å². The summed E-state index contributed by atoms with van der Waals surface area (Å²) >= 11 is 0. The third-order valence-corrected chi connectivity index (χ3v) is 5.36. The van der Waals surface area contributed by atoms with Crippen molar-refractivity contribution < 1.29 is 19.4 Å². The Balaban J connectivity index is 1.67. The molecule has 1 aliphatic carbocycles. The first-order chi connectivity index (χ1) is 15.8. The molecule has 2 aromatic rings. The van der Waals surface area contributed by atoms with Gasteiger partial charge in [-0.1, -0.05) is 29.9 Å². The number of hydrogen-bond acceptors (Lipinski definition) is 5. The summed E-state index contributed by atoms with van der Waals surface area (Å²) < 4.78 is 11.7. The monoisotopic (exact) mass is 448 g/mol. The lowest BCUT2D eigenvalue weighted by molar-refractivity contribution is -0.136. The van der Waals surface area contributed by atoms with Gasteiger partial charge in [-0.05, 0) is 75.7 Å². The molecule has 0 atom stereocenters. The van der Waals surface area contributed by atoms with Gasteiger partial charge < -0.3 is 19.5 Å². The molecule has 0 radical (unpaired) electrons. The predicted octanol–water partition coefficient (Wildman–Crippen LogP) is 5.32. The van der Waals surface area contributed by atoms with Crippen molar-refractivity contribution in [2.75, 3.05) is 27.2 Å². The highest BCUT2D eigenvalue weighted by atomic mass is 16.5. The molecule has 33 heavy (non-hydrogen) atoms. The first-order valence-corrected chi connectivity index (χ1v) is 11.1. The van der Waals surface area contributed by atoms with Crippen molar-refractivity contribution in [2.24, 2.45) is 0 Å². The number of ether oxygens (including phenoxy) is 2. The Labute approximate surface area is 195 Å². The number of allylic oxidation sites excluding steroid dienone is 5. The van der Waals surface area contributed by atoms with Crippen molar-refractivity contribution in [1.29, 1.82) is 0 Å². The maximum absolute atomic E-state index is 10.7. The van der Waals surface area contributed by atoms with Crippen molar-refractivity contribution in [1.82, 2.24) is 9.88 Å². The Hall–Kier alpha value is -3.38. The van der Waals surface area contributed by atoms with Gasteiger partial charge in [0.25, 0.3) is 0 Å². The van der Waals surface area contributed by atoms with E-state index in [4.69, 9.17) is 19.6 Å². The molecule has 1 aromatic heterocycles. The number of likely N-dealkylation sites (N-methyl/N-ethyl adjacent to an activating group) is 1. The maximum Gasteiger partial charge on any atom is 0.303 e. The quantitative estimate of drug-likeness (QED) is 0.496. The number of pyridine rings is 1. The topological polar surface area (TPSA) is 71.9 Å². The lowest BCUT2D eigenvalue weighted by atomic mass is 9.99. The van der Waals surface area contributed by atoms with Gasteiger partial charge in [0.05, 0.1) is 12.0 Å². The molecule has 1 N–H and O–H groups in total. The van der Waals surface area contributed by atoms with E-state index >= 15 is 0 Å². The molecule has 6 nitrogen and oxygen atoms in total. The number of aliphatic carboxylic acids is 1. The van der Waals surface area contributed by atoms with Crippen LogP contribution in [0.25, 0.3) is 11.3 Å². The number of benzene rings is 1. The third-order valence-electron chi connectivity index (χ3n) is 5.36. The van der Waals surface area contributed by atoms with Gasteiger partial charge >= 0.3 is 5.97 Å². The van der Waals surface area contributed by atoms with E-state index in [-0.39, 0.29) is 6.42 Å². The molecule has 6 heteroatoms. The van der Waals surface area contributed by atoms with Crippen LogP contribution in [0, 0.1) is 13.8 Å². The second-order valence-corrected chi connectivity index (χ2v) is 8.47. The summed E-state index contributed by atoms with van der Waals surface area (Å²) in [5.41, 5.74) is 6.19. The van der Waals surface area contributed by atoms with Gasteiger partial charge in [0, 0.05) is 24.6 Å². The first kappa shape index (κ1) is 24.3. The molecule has 1 heterocycles. The van der Waals surface area contributed by atoms with Crippen LogP contribution < -0.4 is 9.47 Å². The summed E-state index contributed by atoms with van der Waals surface area (Å²) in [6, 6.07) is 9.87. The first-order valence-electron chi connectivity index (χ1n) is 11.1. The maximum atomic E-state index is 10.7. The predicted molar refractivity (Wildman–Crippen MR) is 131 cm³/mol. The molecule has 0 saturated carbocycles. The van der Waals surface area contributed by atoms with Gasteiger partial charge in [-0.2, -0.15) is 0 Å². The summed E-state index contributed by atoms with van der Waals surface area (Å²) in [5, 5.41) is 8.81. The second-order valence-electron chi connectivity index (χ2n) is 8.47. The van der Waals surface area contributed by atoms with Crippen molar-refractivity contribution >= 4 is 5.97 Å². The largest absolute Gasteiger partial charge is 0.492 e. The Morgan fingerprint density at radius 3 is 2.58 bits per heavy atom. The van der Waals surface area contributed by atoms with Gasteiger partial charge in [0.2, 0.25) is 5.88 Å². The molecular formula is C27H32N2O4. The van der Waals surface area contributed by atoms with E-state index in [1.165, 1.54) is 0 Å². The minimum absolute atomic E-state index is 0.143. The smallest absolute Gasteiger partial charge is 0.303 e. The minimum atomic E-state index is -0.781. The van der Waals surface area contributed by atoms with Crippen molar-refractivity contribution in [2.45, 2.75) is 33.1 Å². The van der Waals surface area contributed by atoms with E-state index in [9.17, 15) is 4.79 Å². The summed E-state index contributed by atoms with van der Waals surface area (Å²) in [6.07, 6.45) is 9.04. The highest BCUT2D eigenvalue weighted by molar-refractivity contribution is 5.69.